The van der Waals surface area contributed by atoms with Crippen molar-refractivity contribution in [2.45, 2.75) is 31.7 Å². The van der Waals surface area contributed by atoms with Gasteiger partial charge < -0.3 is 10.2 Å². The lowest BCUT2D eigenvalue weighted by Crippen LogP contribution is -2.41. The van der Waals surface area contributed by atoms with Crippen LogP contribution < -0.4 is 5.32 Å². The van der Waals surface area contributed by atoms with Gasteiger partial charge in [0.25, 0.3) is 5.91 Å². The number of carbonyl (C=O) groups excluding carboxylic acids is 1. The molecule has 4 nitrogen and oxygen atoms in total. The highest BCUT2D eigenvalue weighted by Crippen LogP contribution is 2.34. The maximum Gasteiger partial charge on any atom is 0.272 e. The van der Waals surface area contributed by atoms with Crippen molar-refractivity contribution in [1.82, 2.24) is 9.88 Å². The summed E-state index contributed by atoms with van der Waals surface area (Å²) in [4.78, 5) is 17.4. The van der Waals surface area contributed by atoms with Gasteiger partial charge in [0, 0.05) is 31.5 Å². The molecule has 1 aromatic heterocycles. The number of hydrogen-bond acceptors (Lipinski definition) is 3. The van der Waals surface area contributed by atoms with Crippen molar-refractivity contribution in [1.29, 1.82) is 0 Å². The van der Waals surface area contributed by atoms with E-state index in [0.29, 0.717) is 5.69 Å². The van der Waals surface area contributed by atoms with E-state index in [1.54, 1.807) is 20.3 Å². The van der Waals surface area contributed by atoms with E-state index in [4.69, 9.17) is 0 Å². The van der Waals surface area contributed by atoms with Crippen molar-refractivity contribution < 1.29 is 4.79 Å². The number of aromatic nitrogens is 1. The van der Waals surface area contributed by atoms with Crippen molar-refractivity contribution in [2.75, 3.05) is 19.4 Å². The highest BCUT2D eigenvalue weighted by Gasteiger charge is 2.31. The summed E-state index contributed by atoms with van der Waals surface area (Å²) in [6.07, 6.45) is 5.33. The van der Waals surface area contributed by atoms with Gasteiger partial charge in [-0.25, -0.2) is 0 Å². The Morgan fingerprint density at radius 3 is 2.71 bits per heavy atom. The average Bonchev–Trinajstić information content (AvgIpc) is 2.26. The van der Waals surface area contributed by atoms with Crippen LogP contribution in [0.3, 0.4) is 0 Å². The molecule has 1 N–H and O–H groups in total. The molecule has 1 heterocycles. The van der Waals surface area contributed by atoms with Gasteiger partial charge in [-0.05, 0) is 38.3 Å². The first-order valence-corrected chi connectivity index (χ1v) is 5.96. The molecule has 0 bridgehead atoms. The van der Waals surface area contributed by atoms with Crippen LogP contribution in [0.15, 0.2) is 18.3 Å². The van der Waals surface area contributed by atoms with Crippen molar-refractivity contribution in [3.63, 3.8) is 0 Å². The maximum atomic E-state index is 11.8. The molecule has 1 aromatic rings. The fourth-order valence-corrected chi connectivity index (χ4v) is 2.03. The number of nitrogens with zero attached hydrogens (tertiary/aromatic N) is 2. The van der Waals surface area contributed by atoms with Crippen LogP contribution in [0.1, 0.15) is 36.7 Å². The van der Waals surface area contributed by atoms with E-state index in [1.807, 2.05) is 12.1 Å². The summed E-state index contributed by atoms with van der Waals surface area (Å²) in [5.74, 6) is -0.0626. The predicted molar refractivity (Wildman–Crippen MR) is 68.1 cm³/mol. The van der Waals surface area contributed by atoms with Gasteiger partial charge in [-0.3, -0.25) is 9.78 Å². The van der Waals surface area contributed by atoms with Crippen LogP contribution in [-0.4, -0.2) is 35.4 Å². The Morgan fingerprint density at radius 2 is 2.18 bits per heavy atom. The van der Waals surface area contributed by atoms with Crippen LogP contribution in [-0.2, 0) is 0 Å². The number of carbonyl (C=O) groups is 1. The molecule has 1 aliphatic rings. The lowest BCUT2D eigenvalue weighted by molar-refractivity contribution is 0.0822. The largest absolute Gasteiger partial charge is 0.380 e. The van der Waals surface area contributed by atoms with Gasteiger partial charge in [-0.1, -0.05) is 0 Å². The third-order valence-electron chi connectivity index (χ3n) is 3.29. The van der Waals surface area contributed by atoms with E-state index in [9.17, 15) is 4.79 Å². The lowest BCUT2D eigenvalue weighted by atomic mass is 9.78. The van der Waals surface area contributed by atoms with Crippen LogP contribution in [0.4, 0.5) is 5.69 Å². The van der Waals surface area contributed by atoms with Crippen molar-refractivity contribution >= 4 is 11.6 Å². The van der Waals surface area contributed by atoms with E-state index in [2.05, 4.69) is 17.2 Å². The Hall–Kier alpha value is -1.58. The lowest BCUT2D eigenvalue weighted by Gasteiger charge is -2.40. The Balaban J connectivity index is 2.14. The monoisotopic (exact) mass is 233 g/mol. The Kier molecular flexibility index (Phi) is 3.05. The summed E-state index contributed by atoms with van der Waals surface area (Å²) >= 11 is 0. The molecule has 1 aliphatic carbocycles. The number of pyridine rings is 1. The summed E-state index contributed by atoms with van der Waals surface area (Å²) in [6, 6.07) is 3.74. The number of rotatable bonds is 3. The second-order valence-electron chi connectivity index (χ2n) is 5.17. The Morgan fingerprint density at radius 1 is 1.47 bits per heavy atom. The Labute approximate surface area is 102 Å². The quantitative estimate of drug-likeness (QED) is 0.870. The molecule has 0 unspecified atom stereocenters. The molecular weight excluding hydrogens is 214 g/mol. The van der Waals surface area contributed by atoms with Crippen LogP contribution in [0, 0.1) is 0 Å². The van der Waals surface area contributed by atoms with Crippen LogP contribution in [0.5, 0.6) is 0 Å². The number of hydrogen-bond donors (Lipinski definition) is 1. The molecule has 1 amide bonds. The fraction of sp³-hybridized carbons (Fsp3) is 0.538. The summed E-state index contributed by atoms with van der Waals surface area (Å²) in [5, 5.41) is 3.48. The van der Waals surface area contributed by atoms with Gasteiger partial charge >= 0.3 is 0 Å². The summed E-state index contributed by atoms with van der Waals surface area (Å²) in [7, 11) is 3.47. The molecule has 1 fully saturated rings. The molecule has 0 atom stereocenters. The first kappa shape index (κ1) is 11.9. The topological polar surface area (TPSA) is 45.2 Å². The van der Waals surface area contributed by atoms with Crippen molar-refractivity contribution in [2.24, 2.45) is 0 Å². The smallest absolute Gasteiger partial charge is 0.272 e. The first-order valence-electron chi connectivity index (χ1n) is 5.96. The predicted octanol–water partition coefficient (Wildman–Crippen LogP) is 2.14. The molecule has 4 heteroatoms. The van der Waals surface area contributed by atoms with Crippen molar-refractivity contribution in [3.05, 3.63) is 24.0 Å². The van der Waals surface area contributed by atoms with Gasteiger partial charge in [-0.2, -0.15) is 0 Å². The number of anilines is 1. The van der Waals surface area contributed by atoms with Gasteiger partial charge in [0.1, 0.15) is 5.69 Å². The van der Waals surface area contributed by atoms with E-state index in [-0.39, 0.29) is 11.4 Å². The summed E-state index contributed by atoms with van der Waals surface area (Å²) in [6.45, 7) is 2.21. The van der Waals surface area contributed by atoms with Crippen molar-refractivity contribution in [3.8, 4) is 0 Å². The molecule has 0 radical (unpaired) electrons. The zero-order valence-electron chi connectivity index (χ0n) is 10.7. The summed E-state index contributed by atoms with van der Waals surface area (Å²) < 4.78 is 0. The molecule has 0 spiro atoms. The molecule has 2 rings (SSSR count). The van der Waals surface area contributed by atoms with Crippen LogP contribution in [0.25, 0.3) is 0 Å². The number of amides is 1. The average molecular weight is 233 g/mol. The van der Waals surface area contributed by atoms with Gasteiger partial charge in [0.15, 0.2) is 0 Å². The molecule has 1 saturated carbocycles. The molecule has 92 valence electrons. The van der Waals surface area contributed by atoms with Crippen LogP contribution in [0.2, 0.25) is 0 Å². The van der Waals surface area contributed by atoms with Gasteiger partial charge in [-0.15, -0.1) is 0 Å². The maximum absolute atomic E-state index is 11.8. The van der Waals surface area contributed by atoms with Gasteiger partial charge in [0.05, 0.1) is 0 Å². The standard InChI is InChI=1S/C13H19N3O/c1-13(6-4-7-13)15-10-5-8-14-11(9-10)12(17)16(2)3/h5,8-9H,4,6-7H2,1-3H3,(H,14,15). The molecule has 0 aliphatic heterocycles. The third-order valence-corrected chi connectivity index (χ3v) is 3.29. The first-order chi connectivity index (χ1) is 8.00. The molecule has 17 heavy (non-hydrogen) atoms. The molecule has 0 saturated heterocycles. The zero-order chi connectivity index (χ0) is 12.5. The summed E-state index contributed by atoms with van der Waals surface area (Å²) in [5.41, 5.74) is 1.66. The number of nitrogens with one attached hydrogen (secondary N) is 1. The minimum atomic E-state index is -0.0626. The Bertz CT molecular complexity index is 424. The van der Waals surface area contributed by atoms with E-state index in [1.165, 1.54) is 24.2 Å². The fourth-order valence-electron chi connectivity index (χ4n) is 2.03. The SMILES string of the molecule is CN(C)C(=O)c1cc(NC2(C)CCC2)ccn1. The second kappa shape index (κ2) is 4.35. The molecular formula is C13H19N3O. The van der Waals surface area contributed by atoms with E-state index < -0.39 is 0 Å². The molecule has 0 aromatic carbocycles. The van der Waals surface area contributed by atoms with E-state index in [0.717, 1.165) is 5.69 Å². The third kappa shape index (κ3) is 2.57. The minimum Gasteiger partial charge on any atom is -0.380 e. The van der Waals surface area contributed by atoms with Crippen LogP contribution >= 0.6 is 0 Å². The van der Waals surface area contributed by atoms with E-state index >= 15 is 0 Å². The minimum absolute atomic E-state index is 0.0626. The second-order valence-corrected chi connectivity index (χ2v) is 5.17. The zero-order valence-corrected chi connectivity index (χ0v) is 10.7. The van der Waals surface area contributed by atoms with Gasteiger partial charge in [0.2, 0.25) is 0 Å². The normalized spacial score (nSPS) is 17.1. The highest BCUT2D eigenvalue weighted by atomic mass is 16.2. The highest BCUT2D eigenvalue weighted by molar-refractivity contribution is 5.92.